The van der Waals surface area contributed by atoms with Crippen LogP contribution in [0.3, 0.4) is 0 Å². The van der Waals surface area contributed by atoms with E-state index in [2.05, 4.69) is 15.9 Å². The molecule has 1 aliphatic rings. The lowest BCUT2D eigenvalue weighted by Gasteiger charge is -2.35. The van der Waals surface area contributed by atoms with Crippen LogP contribution in [0, 0.1) is 0 Å². The Kier molecular flexibility index (Phi) is 4.01. The van der Waals surface area contributed by atoms with E-state index in [1.165, 1.54) is 21.3 Å². The first-order valence-electron chi connectivity index (χ1n) is 4.59. The van der Waals surface area contributed by atoms with Gasteiger partial charge in [0.1, 0.15) is 6.10 Å². The minimum atomic E-state index is -1.76. The molecule has 0 heterocycles. The number of aliphatic hydroxyl groups is 2. The van der Waals surface area contributed by atoms with E-state index in [-0.39, 0.29) is 11.5 Å². The maximum atomic E-state index is 10.3. The lowest BCUT2D eigenvalue weighted by molar-refractivity contribution is -0.154. The van der Waals surface area contributed by atoms with Crippen LogP contribution in [0.25, 0.3) is 0 Å². The molecule has 0 aromatic rings. The van der Waals surface area contributed by atoms with Gasteiger partial charge in [0.05, 0.1) is 18.7 Å². The summed E-state index contributed by atoms with van der Waals surface area (Å²) in [5.74, 6) is -1.60. The van der Waals surface area contributed by atoms with Gasteiger partial charge in [-0.15, -0.1) is 0 Å². The highest BCUT2D eigenvalue weighted by molar-refractivity contribution is 9.11. The van der Waals surface area contributed by atoms with E-state index >= 15 is 0 Å². The van der Waals surface area contributed by atoms with Crippen LogP contribution in [0.1, 0.15) is 6.92 Å². The summed E-state index contributed by atoms with van der Waals surface area (Å²) >= 11 is 3.19. The van der Waals surface area contributed by atoms with Crippen molar-refractivity contribution in [3.8, 4) is 0 Å². The fourth-order valence-electron chi connectivity index (χ4n) is 1.60. The summed E-state index contributed by atoms with van der Waals surface area (Å²) in [6.07, 6.45) is -0.968. The molecule has 0 saturated carbocycles. The highest BCUT2D eigenvalue weighted by Crippen LogP contribution is 2.42. The Labute approximate surface area is 102 Å². The van der Waals surface area contributed by atoms with Crippen molar-refractivity contribution in [3.05, 3.63) is 21.6 Å². The maximum Gasteiger partial charge on any atom is 0.262 e. The van der Waals surface area contributed by atoms with E-state index in [4.69, 9.17) is 14.2 Å². The van der Waals surface area contributed by atoms with E-state index in [0.29, 0.717) is 10.1 Å². The molecular weight excluding hydrogens is 280 g/mol. The fraction of sp³-hybridized carbons (Fsp3) is 0.600. The quantitative estimate of drug-likeness (QED) is 0.756. The molecule has 0 spiro atoms. The molecule has 2 atom stereocenters. The highest BCUT2D eigenvalue weighted by atomic mass is 79.9. The summed E-state index contributed by atoms with van der Waals surface area (Å²) in [5.41, 5.74) is 0.502. The van der Waals surface area contributed by atoms with E-state index in [1.54, 1.807) is 6.92 Å². The molecule has 5 nitrogen and oxygen atoms in total. The van der Waals surface area contributed by atoms with Gasteiger partial charge in [0.25, 0.3) is 5.79 Å². The van der Waals surface area contributed by atoms with Gasteiger partial charge in [-0.3, -0.25) is 0 Å². The molecule has 6 heteroatoms. The molecule has 1 aliphatic carbocycles. The summed E-state index contributed by atoms with van der Waals surface area (Å²) in [6, 6.07) is 0. The molecule has 0 bridgehead atoms. The third kappa shape index (κ3) is 1.75. The zero-order valence-electron chi connectivity index (χ0n) is 9.57. The smallest absolute Gasteiger partial charge is 0.262 e. The molecule has 0 amide bonds. The van der Waals surface area contributed by atoms with Crippen LogP contribution in [-0.2, 0) is 14.2 Å². The molecule has 2 unspecified atom stereocenters. The summed E-state index contributed by atoms with van der Waals surface area (Å²) < 4.78 is 15.4. The van der Waals surface area contributed by atoms with Crippen LogP contribution < -0.4 is 0 Å². The molecule has 0 aromatic carbocycles. The van der Waals surface area contributed by atoms with E-state index < -0.39 is 11.9 Å². The zero-order chi connectivity index (χ0) is 12.5. The van der Waals surface area contributed by atoms with Gasteiger partial charge in [0.2, 0.25) is 5.76 Å². The molecule has 0 fully saturated rings. The number of ether oxygens (including phenoxy) is 3. The largest absolute Gasteiger partial charge is 0.494 e. The molecule has 2 N–H and O–H groups in total. The predicted molar refractivity (Wildman–Crippen MR) is 60.6 cm³/mol. The van der Waals surface area contributed by atoms with Gasteiger partial charge in [-0.05, 0) is 28.4 Å². The second kappa shape index (κ2) is 4.75. The van der Waals surface area contributed by atoms with Gasteiger partial charge in [-0.2, -0.15) is 0 Å². The van der Waals surface area contributed by atoms with E-state index in [9.17, 15) is 10.2 Å². The Balaban J connectivity index is 3.40. The van der Waals surface area contributed by atoms with Gasteiger partial charge in [-0.25, -0.2) is 0 Å². The van der Waals surface area contributed by atoms with E-state index in [1.807, 2.05) is 0 Å². The fourth-order valence-corrected chi connectivity index (χ4v) is 2.16. The first kappa shape index (κ1) is 13.5. The first-order chi connectivity index (χ1) is 7.43. The summed E-state index contributed by atoms with van der Waals surface area (Å²) in [6.45, 7) is 1.66. The number of hydrogen-bond donors (Lipinski definition) is 2. The van der Waals surface area contributed by atoms with Crippen molar-refractivity contribution in [2.24, 2.45) is 0 Å². The van der Waals surface area contributed by atoms with Gasteiger partial charge >= 0.3 is 0 Å². The summed E-state index contributed by atoms with van der Waals surface area (Å²) in [7, 11) is 4.09. The number of hydrogen-bond acceptors (Lipinski definition) is 5. The zero-order valence-corrected chi connectivity index (χ0v) is 11.2. The average Bonchev–Trinajstić information content (AvgIpc) is 2.30. The van der Waals surface area contributed by atoms with Crippen molar-refractivity contribution < 1.29 is 24.4 Å². The lowest BCUT2D eigenvalue weighted by Crippen LogP contribution is -2.42. The third-order valence-electron chi connectivity index (χ3n) is 2.55. The SMILES string of the molecule is COC1=C(OC)C(O)(OC)C(Br)=C(C)C1O. The standard InChI is InChI=1S/C10H15BrO5/c1-5-6(12)7(14-2)9(15-3)10(13,16-4)8(5)11/h6,12-13H,1-4H3. The molecule has 0 saturated heterocycles. The van der Waals surface area contributed by atoms with Crippen LogP contribution in [-0.4, -0.2) is 43.4 Å². The maximum absolute atomic E-state index is 10.3. The number of halogens is 1. The number of methoxy groups -OCH3 is 3. The molecule has 0 aliphatic heterocycles. The number of rotatable bonds is 3. The Morgan fingerprint density at radius 2 is 1.81 bits per heavy atom. The van der Waals surface area contributed by atoms with Crippen LogP contribution in [0.5, 0.6) is 0 Å². The van der Waals surface area contributed by atoms with Crippen molar-refractivity contribution in [1.29, 1.82) is 0 Å². The van der Waals surface area contributed by atoms with Crippen molar-refractivity contribution in [1.82, 2.24) is 0 Å². The van der Waals surface area contributed by atoms with Crippen molar-refractivity contribution in [3.63, 3.8) is 0 Å². The normalized spacial score (nSPS) is 30.8. The second-order valence-electron chi connectivity index (χ2n) is 3.35. The van der Waals surface area contributed by atoms with Crippen molar-refractivity contribution in [2.45, 2.75) is 18.8 Å². The predicted octanol–water partition coefficient (Wildman–Crippen LogP) is 0.869. The lowest BCUT2D eigenvalue weighted by atomic mass is 9.96. The summed E-state index contributed by atoms with van der Waals surface area (Å²) in [5, 5.41) is 20.2. The molecule has 0 radical (unpaired) electrons. The monoisotopic (exact) mass is 294 g/mol. The molecule has 16 heavy (non-hydrogen) atoms. The Hall–Kier alpha value is -0.560. The topological polar surface area (TPSA) is 68.2 Å². The Morgan fingerprint density at radius 1 is 1.25 bits per heavy atom. The average molecular weight is 295 g/mol. The van der Waals surface area contributed by atoms with Crippen molar-refractivity contribution in [2.75, 3.05) is 21.3 Å². The first-order valence-corrected chi connectivity index (χ1v) is 5.38. The van der Waals surface area contributed by atoms with Gasteiger partial charge in [0, 0.05) is 7.11 Å². The Morgan fingerprint density at radius 3 is 2.19 bits per heavy atom. The minimum Gasteiger partial charge on any atom is -0.494 e. The van der Waals surface area contributed by atoms with E-state index in [0.717, 1.165) is 0 Å². The van der Waals surface area contributed by atoms with Crippen molar-refractivity contribution >= 4 is 15.9 Å². The molecule has 92 valence electrons. The number of aliphatic hydroxyl groups excluding tert-OH is 1. The van der Waals surface area contributed by atoms with Crippen LogP contribution >= 0.6 is 15.9 Å². The van der Waals surface area contributed by atoms with Gasteiger partial charge in [0.15, 0.2) is 5.76 Å². The Bertz CT molecular complexity index is 349. The second-order valence-corrected chi connectivity index (χ2v) is 4.14. The van der Waals surface area contributed by atoms with Crippen LogP contribution in [0.2, 0.25) is 0 Å². The highest BCUT2D eigenvalue weighted by Gasteiger charge is 2.47. The van der Waals surface area contributed by atoms with Crippen LogP contribution in [0.4, 0.5) is 0 Å². The van der Waals surface area contributed by atoms with Gasteiger partial charge < -0.3 is 24.4 Å². The third-order valence-corrected chi connectivity index (χ3v) is 3.72. The van der Waals surface area contributed by atoms with Crippen LogP contribution in [0.15, 0.2) is 21.6 Å². The molecule has 1 rings (SSSR count). The minimum absolute atomic E-state index is 0.0301. The summed E-state index contributed by atoms with van der Waals surface area (Å²) in [4.78, 5) is 0. The molecule has 0 aromatic heterocycles. The van der Waals surface area contributed by atoms with Gasteiger partial charge in [-0.1, -0.05) is 0 Å². The molecular formula is C10H15BrO5.